The number of hydrogen-bond donors (Lipinski definition) is 2. The van der Waals surface area contributed by atoms with Crippen molar-refractivity contribution in [1.29, 1.82) is 5.26 Å². The van der Waals surface area contributed by atoms with E-state index in [1.54, 1.807) is 0 Å². The summed E-state index contributed by atoms with van der Waals surface area (Å²) in [4.78, 5) is 0. The summed E-state index contributed by atoms with van der Waals surface area (Å²) in [6, 6.07) is 5.71. The van der Waals surface area contributed by atoms with E-state index in [0.717, 1.165) is 0 Å². The Bertz CT molecular complexity index is 440. The van der Waals surface area contributed by atoms with Crippen LogP contribution in [0.3, 0.4) is 0 Å². The minimum absolute atomic E-state index is 0.0501. The Kier molecular flexibility index (Phi) is 3.78. The maximum Gasteiger partial charge on any atom is 0.324 e. The molecule has 1 aromatic rings. The maximum absolute atomic E-state index is 12.6. The Morgan fingerprint density at radius 1 is 1.41 bits per heavy atom. The number of nitrogens with zero attached hydrogens (tertiary/aromatic N) is 1. The van der Waals surface area contributed by atoms with Crippen LogP contribution in [0.2, 0.25) is 0 Å². The van der Waals surface area contributed by atoms with Crippen LogP contribution in [0.25, 0.3) is 0 Å². The van der Waals surface area contributed by atoms with E-state index < -0.39 is 18.9 Å². The molecule has 0 radical (unpaired) electrons. The van der Waals surface area contributed by atoms with Gasteiger partial charge in [0.15, 0.2) is 0 Å². The van der Waals surface area contributed by atoms with Crippen LogP contribution in [-0.4, -0.2) is 18.9 Å². The molecule has 7 heteroatoms. The number of halogens is 4. The summed E-state index contributed by atoms with van der Waals surface area (Å²) in [7, 11) is 0. The van der Waals surface area contributed by atoms with E-state index in [1.807, 2.05) is 6.07 Å². The Balaban J connectivity index is 2.74. The highest BCUT2D eigenvalue weighted by molar-refractivity contribution is 5.68. The summed E-state index contributed by atoms with van der Waals surface area (Å²) in [5, 5.41) is 10.7. The van der Waals surface area contributed by atoms with Crippen molar-refractivity contribution < 1.29 is 17.6 Å². The quantitative estimate of drug-likeness (QED) is 0.634. The zero-order valence-electron chi connectivity index (χ0n) is 8.55. The van der Waals surface area contributed by atoms with E-state index in [2.05, 4.69) is 5.32 Å². The van der Waals surface area contributed by atoms with Crippen LogP contribution in [0.5, 0.6) is 0 Å². The summed E-state index contributed by atoms with van der Waals surface area (Å²) in [5.74, 6) is -4.12. The molecule has 0 aliphatic heterocycles. The van der Waals surface area contributed by atoms with Gasteiger partial charge in [-0.25, -0.2) is 8.78 Å². The van der Waals surface area contributed by atoms with E-state index in [-0.39, 0.29) is 16.9 Å². The molecule has 0 aliphatic carbocycles. The normalized spacial score (nSPS) is 11.3. The van der Waals surface area contributed by atoms with Crippen LogP contribution in [0.15, 0.2) is 18.2 Å². The van der Waals surface area contributed by atoms with Crippen molar-refractivity contribution in [3.05, 3.63) is 23.8 Å². The minimum Gasteiger partial charge on any atom is -0.397 e. The molecule has 0 unspecified atom stereocenters. The molecule has 3 nitrogen and oxygen atoms in total. The first kappa shape index (κ1) is 13.1. The number of nitrogens with one attached hydrogen (secondary N) is 1. The van der Waals surface area contributed by atoms with Gasteiger partial charge in [0.2, 0.25) is 0 Å². The molecule has 0 aliphatic rings. The Labute approximate surface area is 94.8 Å². The molecule has 0 amide bonds. The highest BCUT2D eigenvalue weighted by atomic mass is 19.3. The molecular weight excluding hydrogens is 238 g/mol. The lowest BCUT2D eigenvalue weighted by Crippen LogP contribution is -2.34. The van der Waals surface area contributed by atoms with E-state index >= 15 is 0 Å². The monoisotopic (exact) mass is 247 g/mol. The first-order valence-electron chi connectivity index (χ1n) is 4.56. The van der Waals surface area contributed by atoms with Gasteiger partial charge in [0.25, 0.3) is 0 Å². The topological polar surface area (TPSA) is 61.8 Å². The number of nitriles is 1. The second-order valence-corrected chi connectivity index (χ2v) is 3.33. The molecule has 0 saturated carbocycles. The molecule has 0 saturated heterocycles. The van der Waals surface area contributed by atoms with Crippen molar-refractivity contribution in [2.24, 2.45) is 0 Å². The molecule has 1 aromatic carbocycles. The number of hydrogen-bond acceptors (Lipinski definition) is 3. The van der Waals surface area contributed by atoms with Crippen LogP contribution < -0.4 is 11.1 Å². The van der Waals surface area contributed by atoms with E-state index in [1.165, 1.54) is 18.2 Å². The SMILES string of the molecule is N#Cc1ccc(NCC(F)(F)C(F)F)c(N)c1. The third-order valence-electron chi connectivity index (χ3n) is 2.01. The van der Waals surface area contributed by atoms with Gasteiger partial charge in [0.1, 0.15) is 0 Å². The third kappa shape index (κ3) is 3.24. The van der Waals surface area contributed by atoms with Crippen LogP contribution in [-0.2, 0) is 0 Å². The van der Waals surface area contributed by atoms with Gasteiger partial charge >= 0.3 is 12.3 Å². The number of benzene rings is 1. The lowest BCUT2D eigenvalue weighted by atomic mass is 10.2. The predicted octanol–water partition coefficient (Wildman–Crippen LogP) is 2.45. The average molecular weight is 247 g/mol. The van der Waals surface area contributed by atoms with E-state index in [4.69, 9.17) is 11.0 Å². The fraction of sp³-hybridized carbons (Fsp3) is 0.300. The van der Waals surface area contributed by atoms with Gasteiger partial charge in [-0.05, 0) is 18.2 Å². The van der Waals surface area contributed by atoms with Crippen LogP contribution >= 0.6 is 0 Å². The van der Waals surface area contributed by atoms with Crippen molar-refractivity contribution in [3.63, 3.8) is 0 Å². The lowest BCUT2D eigenvalue weighted by Gasteiger charge is -2.17. The molecule has 0 bridgehead atoms. The summed E-state index contributed by atoms with van der Waals surface area (Å²) >= 11 is 0. The maximum atomic E-state index is 12.6. The number of nitrogens with two attached hydrogens (primary N) is 1. The highest BCUT2D eigenvalue weighted by Crippen LogP contribution is 2.25. The van der Waals surface area contributed by atoms with Crippen molar-refractivity contribution in [2.75, 3.05) is 17.6 Å². The fourth-order valence-electron chi connectivity index (χ4n) is 1.08. The van der Waals surface area contributed by atoms with Gasteiger partial charge in [0, 0.05) is 0 Å². The second-order valence-electron chi connectivity index (χ2n) is 3.33. The molecule has 0 heterocycles. The smallest absolute Gasteiger partial charge is 0.324 e. The number of alkyl halides is 4. The highest BCUT2D eigenvalue weighted by Gasteiger charge is 2.40. The molecule has 1 rings (SSSR count). The summed E-state index contributed by atoms with van der Waals surface area (Å²) in [5.41, 5.74) is 5.85. The standard InChI is InChI=1S/C10H9F4N3/c11-9(12)10(13,14)5-17-8-2-1-6(4-15)3-7(8)16/h1-3,9,17H,5,16H2. The number of rotatable bonds is 4. The third-order valence-corrected chi connectivity index (χ3v) is 2.01. The van der Waals surface area contributed by atoms with Gasteiger partial charge in [-0.15, -0.1) is 0 Å². The van der Waals surface area contributed by atoms with Crippen LogP contribution in [0, 0.1) is 11.3 Å². The zero-order valence-corrected chi connectivity index (χ0v) is 8.55. The minimum atomic E-state index is -4.12. The Morgan fingerprint density at radius 3 is 2.53 bits per heavy atom. The zero-order chi connectivity index (χ0) is 13.1. The first-order chi connectivity index (χ1) is 7.86. The Hall–Kier alpha value is -1.97. The number of anilines is 2. The van der Waals surface area contributed by atoms with Gasteiger partial charge in [-0.2, -0.15) is 14.0 Å². The summed E-state index contributed by atoms with van der Waals surface area (Å²) in [6.45, 7) is -1.22. The predicted molar refractivity (Wildman–Crippen MR) is 55.0 cm³/mol. The van der Waals surface area contributed by atoms with E-state index in [9.17, 15) is 17.6 Å². The fourth-order valence-corrected chi connectivity index (χ4v) is 1.08. The van der Waals surface area contributed by atoms with E-state index in [0.29, 0.717) is 0 Å². The molecule has 0 aromatic heterocycles. The van der Waals surface area contributed by atoms with Gasteiger partial charge in [0.05, 0.1) is 29.6 Å². The van der Waals surface area contributed by atoms with Crippen molar-refractivity contribution in [1.82, 2.24) is 0 Å². The molecular formula is C10H9F4N3. The summed E-state index contributed by atoms with van der Waals surface area (Å²) in [6.07, 6.45) is -3.74. The van der Waals surface area contributed by atoms with Crippen molar-refractivity contribution in [2.45, 2.75) is 12.3 Å². The molecule has 3 N–H and O–H groups in total. The van der Waals surface area contributed by atoms with Crippen molar-refractivity contribution in [3.8, 4) is 6.07 Å². The van der Waals surface area contributed by atoms with Crippen molar-refractivity contribution >= 4 is 11.4 Å². The number of nitrogen functional groups attached to an aromatic ring is 1. The molecule has 92 valence electrons. The molecule has 0 fully saturated rings. The first-order valence-corrected chi connectivity index (χ1v) is 4.56. The average Bonchev–Trinajstić information content (AvgIpc) is 2.27. The van der Waals surface area contributed by atoms with Crippen LogP contribution in [0.4, 0.5) is 28.9 Å². The lowest BCUT2D eigenvalue weighted by molar-refractivity contribution is -0.117. The molecule has 0 spiro atoms. The van der Waals surface area contributed by atoms with Gasteiger partial charge in [-0.3, -0.25) is 0 Å². The largest absolute Gasteiger partial charge is 0.397 e. The Morgan fingerprint density at radius 2 is 2.06 bits per heavy atom. The molecule has 17 heavy (non-hydrogen) atoms. The van der Waals surface area contributed by atoms with Gasteiger partial charge in [-0.1, -0.05) is 0 Å². The summed E-state index contributed by atoms with van der Waals surface area (Å²) < 4.78 is 48.9. The van der Waals surface area contributed by atoms with Gasteiger partial charge < -0.3 is 11.1 Å². The second kappa shape index (κ2) is 4.91. The molecule has 0 atom stereocenters. The van der Waals surface area contributed by atoms with Crippen LogP contribution in [0.1, 0.15) is 5.56 Å².